The number of carbonyl (C=O) groups is 1. The first kappa shape index (κ1) is 17.9. The molecule has 1 amide bonds. The smallest absolute Gasteiger partial charge is 0.229 e. The molecule has 25 heavy (non-hydrogen) atoms. The van der Waals surface area contributed by atoms with Gasteiger partial charge in [-0.3, -0.25) is 4.79 Å². The zero-order valence-electron chi connectivity index (χ0n) is 14.1. The Morgan fingerprint density at radius 1 is 1.16 bits per heavy atom. The van der Waals surface area contributed by atoms with Crippen molar-refractivity contribution < 1.29 is 14.3 Å². The molecule has 0 saturated heterocycles. The normalized spacial score (nSPS) is 14.1. The Hall–Kier alpha value is -1.91. The van der Waals surface area contributed by atoms with Crippen LogP contribution in [0.5, 0.6) is 11.5 Å². The molecular formula is C19H19Cl2NO3. The van der Waals surface area contributed by atoms with Crippen molar-refractivity contribution in [1.29, 1.82) is 0 Å². The number of rotatable bonds is 4. The summed E-state index contributed by atoms with van der Waals surface area (Å²) in [6.07, 6.45) is 0. The zero-order valence-corrected chi connectivity index (χ0v) is 15.6. The Labute approximate surface area is 157 Å². The van der Waals surface area contributed by atoms with Gasteiger partial charge in [-0.15, -0.1) is 0 Å². The van der Waals surface area contributed by atoms with Gasteiger partial charge < -0.3 is 14.4 Å². The summed E-state index contributed by atoms with van der Waals surface area (Å²) in [5.41, 5.74) is 1.71. The van der Waals surface area contributed by atoms with Gasteiger partial charge >= 0.3 is 0 Å². The van der Waals surface area contributed by atoms with Gasteiger partial charge in [0.1, 0.15) is 13.2 Å². The van der Waals surface area contributed by atoms with Gasteiger partial charge in [0.2, 0.25) is 5.91 Å². The van der Waals surface area contributed by atoms with Crippen molar-refractivity contribution >= 4 is 29.1 Å². The average molecular weight is 380 g/mol. The first-order valence-corrected chi connectivity index (χ1v) is 8.80. The fraction of sp³-hybridized carbons (Fsp3) is 0.316. The highest BCUT2D eigenvalue weighted by Gasteiger charge is 2.22. The molecule has 0 aromatic heterocycles. The monoisotopic (exact) mass is 379 g/mol. The molecule has 2 aromatic carbocycles. The first-order valence-electron chi connectivity index (χ1n) is 8.05. The minimum absolute atomic E-state index is 0.00674. The van der Waals surface area contributed by atoms with Crippen LogP contribution in [0.1, 0.15) is 24.0 Å². The highest BCUT2D eigenvalue weighted by atomic mass is 35.5. The van der Waals surface area contributed by atoms with Gasteiger partial charge in [-0.05, 0) is 36.2 Å². The average Bonchev–Trinajstić information content (AvgIpc) is 2.63. The molecule has 1 heterocycles. The summed E-state index contributed by atoms with van der Waals surface area (Å²) in [5, 5.41) is 0.968. The molecule has 0 spiro atoms. The highest BCUT2D eigenvalue weighted by Crippen LogP contribution is 2.34. The number of ether oxygens (including phenoxy) is 2. The lowest BCUT2D eigenvalue weighted by Crippen LogP contribution is -2.30. The molecule has 0 saturated carbocycles. The standard InChI is InChI=1S/C19H19Cl2NO3/c1-12(13-6-7-16-17(10-13)25-9-8-24-16)19(23)22(2)11-14-4-3-5-15(20)18(14)21/h3-7,10,12H,8-9,11H2,1-2H3. The van der Waals surface area contributed by atoms with Crippen molar-refractivity contribution in [2.75, 3.05) is 20.3 Å². The van der Waals surface area contributed by atoms with Crippen LogP contribution >= 0.6 is 23.2 Å². The molecule has 4 nitrogen and oxygen atoms in total. The number of amides is 1. The highest BCUT2D eigenvalue weighted by molar-refractivity contribution is 6.42. The third-order valence-electron chi connectivity index (χ3n) is 4.25. The van der Waals surface area contributed by atoms with E-state index >= 15 is 0 Å². The predicted molar refractivity (Wildman–Crippen MR) is 98.8 cm³/mol. The summed E-state index contributed by atoms with van der Waals surface area (Å²) in [7, 11) is 1.76. The maximum absolute atomic E-state index is 12.8. The van der Waals surface area contributed by atoms with Crippen molar-refractivity contribution in [2.45, 2.75) is 19.4 Å². The second-order valence-electron chi connectivity index (χ2n) is 6.03. The van der Waals surface area contributed by atoms with E-state index in [2.05, 4.69) is 0 Å². The second kappa shape index (κ2) is 7.54. The molecular weight excluding hydrogens is 361 g/mol. The summed E-state index contributed by atoms with van der Waals surface area (Å²) < 4.78 is 11.1. The number of hydrogen-bond donors (Lipinski definition) is 0. The zero-order chi connectivity index (χ0) is 18.0. The molecule has 0 N–H and O–H groups in total. The first-order chi connectivity index (χ1) is 12.0. The number of nitrogens with zero attached hydrogens (tertiary/aromatic N) is 1. The van der Waals surface area contributed by atoms with E-state index in [1.54, 1.807) is 18.0 Å². The third-order valence-corrected chi connectivity index (χ3v) is 5.11. The van der Waals surface area contributed by atoms with E-state index in [9.17, 15) is 4.79 Å². The van der Waals surface area contributed by atoms with Gasteiger partial charge in [0.25, 0.3) is 0 Å². The van der Waals surface area contributed by atoms with Crippen molar-refractivity contribution in [2.24, 2.45) is 0 Å². The summed E-state index contributed by atoms with van der Waals surface area (Å²) in [6, 6.07) is 11.0. The molecule has 0 radical (unpaired) electrons. The number of hydrogen-bond acceptors (Lipinski definition) is 3. The van der Waals surface area contributed by atoms with E-state index in [1.807, 2.05) is 37.3 Å². The van der Waals surface area contributed by atoms with Gasteiger partial charge in [-0.1, -0.05) is 41.4 Å². The molecule has 3 rings (SSSR count). The molecule has 0 aliphatic carbocycles. The van der Waals surface area contributed by atoms with Gasteiger partial charge in [-0.25, -0.2) is 0 Å². The molecule has 132 valence electrons. The number of halogens is 2. The second-order valence-corrected chi connectivity index (χ2v) is 6.82. The largest absolute Gasteiger partial charge is 0.486 e. The Morgan fingerprint density at radius 2 is 1.88 bits per heavy atom. The lowest BCUT2D eigenvalue weighted by Gasteiger charge is -2.24. The molecule has 6 heteroatoms. The Bertz CT molecular complexity index is 794. The van der Waals surface area contributed by atoms with Gasteiger partial charge in [0.05, 0.1) is 16.0 Å². The topological polar surface area (TPSA) is 38.8 Å². The number of benzene rings is 2. The van der Waals surface area contributed by atoms with E-state index < -0.39 is 0 Å². The minimum Gasteiger partial charge on any atom is -0.486 e. The van der Waals surface area contributed by atoms with Crippen LogP contribution in [-0.2, 0) is 11.3 Å². The third kappa shape index (κ3) is 3.86. The molecule has 0 bridgehead atoms. The van der Waals surface area contributed by atoms with Crippen LogP contribution < -0.4 is 9.47 Å². The molecule has 1 unspecified atom stereocenters. The molecule has 1 atom stereocenters. The van der Waals surface area contributed by atoms with Gasteiger partial charge in [0.15, 0.2) is 11.5 Å². The Kier molecular flexibility index (Phi) is 5.40. The van der Waals surface area contributed by atoms with Crippen LogP contribution in [0.3, 0.4) is 0 Å². The summed E-state index contributed by atoms with van der Waals surface area (Å²) in [6.45, 7) is 3.34. The van der Waals surface area contributed by atoms with Crippen molar-refractivity contribution in [3.63, 3.8) is 0 Å². The van der Waals surface area contributed by atoms with Crippen LogP contribution in [0.25, 0.3) is 0 Å². The molecule has 1 aliphatic rings. The van der Waals surface area contributed by atoms with E-state index in [1.165, 1.54) is 0 Å². The maximum atomic E-state index is 12.8. The van der Waals surface area contributed by atoms with Crippen LogP contribution in [-0.4, -0.2) is 31.1 Å². The van der Waals surface area contributed by atoms with E-state index in [-0.39, 0.29) is 11.8 Å². The van der Waals surface area contributed by atoms with Crippen molar-refractivity contribution in [1.82, 2.24) is 4.90 Å². The fourth-order valence-electron chi connectivity index (χ4n) is 2.81. The van der Waals surface area contributed by atoms with E-state index in [4.69, 9.17) is 32.7 Å². The number of carbonyl (C=O) groups excluding carboxylic acids is 1. The number of likely N-dealkylation sites (N-methyl/N-ethyl adjacent to an activating group) is 1. The molecule has 2 aromatic rings. The predicted octanol–water partition coefficient (Wildman–Crippen LogP) is 4.53. The van der Waals surface area contributed by atoms with E-state index in [0.29, 0.717) is 41.3 Å². The minimum atomic E-state index is -0.307. The molecule has 0 fully saturated rings. The van der Waals surface area contributed by atoms with Crippen molar-refractivity contribution in [3.8, 4) is 11.5 Å². The maximum Gasteiger partial charge on any atom is 0.229 e. The van der Waals surface area contributed by atoms with E-state index in [0.717, 1.165) is 11.1 Å². The Morgan fingerprint density at radius 3 is 2.64 bits per heavy atom. The SMILES string of the molecule is CC(C(=O)N(C)Cc1cccc(Cl)c1Cl)c1ccc2c(c1)OCCO2. The fourth-order valence-corrected chi connectivity index (χ4v) is 3.19. The lowest BCUT2D eigenvalue weighted by molar-refractivity contribution is -0.131. The summed E-state index contributed by atoms with van der Waals surface area (Å²) >= 11 is 12.3. The number of fused-ring (bicyclic) bond motifs is 1. The van der Waals surface area contributed by atoms with Crippen LogP contribution in [0.2, 0.25) is 10.0 Å². The van der Waals surface area contributed by atoms with Crippen LogP contribution in [0.15, 0.2) is 36.4 Å². The van der Waals surface area contributed by atoms with Gasteiger partial charge in [-0.2, -0.15) is 0 Å². The lowest BCUT2D eigenvalue weighted by atomic mass is 9.99. The molecule has 1 aliphatic heterocycles. The summed E-state index contributed by atoms with van der Waals surface area (Å²) in [4.78, 5) is 14.4. The quantitative estimate of drug-likeness (QED) is 0.783. The van der Waals surface area contributed by atoms with Crippen LogP contribution in [0, 0.1) is 0 Å². The summed E-state index contributed by atoms with van der Waals surface area (Å²) in [5.74, 6) is 1.09. The van der Waals surface area contributed by atoms with Gasteiger partial charge in [0, 0.05) is 13.6 Å². The Balaban J connectivity index is 1.74. The van der Waals surface area contributed by atoms with Crippen LogP contribution in [0.4, 0.5) is 0 Å². The van der Waals surface area contributed by atoms with Crippen molar-refractivity contribution in [3.05, 3.63) is 57.6 Å².